The highest BCUT2D eigenvalue weighted by atomic mass is 35.5. The lowest BCUT2D eigenvalue weighted by atomic mass is 10.0. The molecule has 26 heavy (non-hydrogen) atoms. The van der Waals surface area contributed by atoms with E-state index in [0.717, 1.165) is 0 Å². The zero-order chi connectivity index (χ0) is 18.9. The molecular weight excluding hydrogens is 350 g/mol. The van der Waals surface area contributed by atoms with E-state index in [0.29, 0.717) is 29.2 Å². The molecule has 0 unspecified atom stereocenters. The standard InChI is InChI=1S/C21H16ClNO3/c1-3-10-26-21-18(22)12-15(13-19(21)25-4-2)11-17(14-23)20(24)16-8-6-5-7-9-16/h1,5-9,11-13H,4,10H2,2H3/b17-11+. The van der Waals surface area contributed by atoms with E-state index in [-0.39, 0.29) is 23.0 Å². The Bertz CT molecular complexity index is 905. The Morgan fingerprint density at radius 3 is 2.62 bits per heavy atom. The van der Waals surface area contributed by atoms with Gasteiger partial charge in [-0.25, -0.2) is 0 Å². The third-order valence-electron chi connectivity index (χ3n) is 3.34. The van der Waals surface area contributed by atoms with E-state index in [4.69, 9.17) is 27.5 Å². The number of allylic oxidation sites excluding steroid dienone is 1. The Morgan fingerprint density at radius 2 is 2.00 bits per heavy atom. The first-order valence-corrected chi connectivity index (χ1v) is 8.22. The third kappa shape index (κ3) is 4.66. The van der Waals surface area contributed by atoms with Gasteiger partial charge in [-0.3, -0.25) is 4.79 Å². The molecule has 0 bridgehead atoms. The van der Waals surface area contributed by atoms with Crippen LogP contribution in [0.4, 0.5) is 0 Å². The number of ketones is 1. The molecule has 0 aliphatic rings. The van der Waals surface area contributed by atoms with Gasteiger partial charge in [-0.15, -0.1) is 6.42 Å². The van der Waals surface area contributed by atoms with Gasteiger partial charge in [0.25, 0.3) is 0 Å². The fourth-order valence-corrected chi connectivity index (χ4v) is 2.52. The minimum Gasteiger partial charge on any atom is -0.490 e. The molecule has 0 aromatic heterocycles. The second-order valence-corrected chi connectivity index (χ2v) is 5.53. The summed E-state index contributed by atoms with van der Waals surface area (Å²) in [7, 11) is 0. The fraction of sp³-hybridized carbons (Fsp3) is 0.143. The van der Waals surface area contributed by atoms with Crippen molar-refractivity contribution in [1.82, 2.24) is 0 Å². The number of carbonyl (C=O) groups excluding carboxylic acids is 1. The summed E-state index contributed by atoms with van der Waals surface area (Å²) in [5, 5.41) is 9.66. The van der Waals surface area contributed by atoms with Gasteiger partial charge in [0.15, 0.2) is 11.5 Å². The largest absolute Gasteiger partial charge is 0.490 e. The van der Waals surface area contributed by atoms with Crippen LogP contribution in [0.5, 0.6) is 11.5 Å². The third-order valence-corrected chi connectivity index (χ3v) is 3.62. The predicted molar refractivity (Wildman–Crippen MR) is 101 cm³/mol. The fourth-order valence-electron chi connectivity index (χ4n) is 2.25. The minimum absolute atomic E-state index is 0.00740. The Kier molecular flexibility index (Phi) is 6.85. The van der Waals surface area contributed by atoms with Gasteiger partial charge in [0.1, 0.15) is 18.2 Å². The molecular formula is C21H16ClNO3. The SMILES string of the molecule is C#CCOc1c(Cl)cc(/C=C(\C#N)C(=O)c2ccccc2)cc1OCC. The van der Waals surface area contributed by atoms with Gasteiger partial charge in [0, 0.05) is 5.56 Å². The second-order valence-electron chi connectivity index (χ2n) is 5.12. The predicted octanol–water partition coefficient (Wildman–Crippen LogP) is 4.54. The number of hydrogen-bond donors (Lipinski definition) is 0. The van der Waals surface area contributed by atoms with Gasteiger partial charge < -0.3 is 9.47 Å². The summed E-state index contributed by atoms with van der Waals surface area (Å²) in [5.41, 5.74) is 0.977. The number of hydrogen-bond acceptors (Lipinski definition) is 4. The number of carbonyl (C=O) groups is 1. The maximum atomic E-state index is 12.5. The molecule has 2 rings (SSSR count). The van der Waals surface area contributed by atoms with Gasteiger partial charge in [-0.1, -0.05) is 47.9 Å². The average molecular weight is 366 g/mol. The van der Waals surface area contributed by atoms with Crippen LogP contribution in [0, 0.1) is 23.7 Å². The Balaban J connectivity index is 2.43. The molecule has 0 spiro atoms. The number of terminal acetylenes is 1. The highest BCUT2D eigenvalue weighted by molar-refractivity contribution is 6.32. The molecule has 5 heteroatoms. The van der Waals surface area contributed by atoms with E-state index in [2.05, 4.69) is 5.92 Å². The number of benzene rings is 2. The molecule has 2 aromatic rings. The normalized spacial score (nSPS) is 10.5. The number of nitrogens with zero attached hydrogens (tertiary/aromatic N) is 1. The van der Waals surface area contributed by atoms with Crippen molar-refractivity contribution in [3.05, 3.63) is 64.2 Å². The molecule has 130 valence electrons. The Labute approximate surface area is 157 Å². The zero-order valence-corrected chi connectivity index (χ0v) is 14.9. The smallest absolute Gasteiger partial charge is 0.203 e. The van der Waals surface area contributed by atoms with E-state index in [9.17, 15) is 10.1 Å². The number of nitriles is 1. The molecule has 0 atom stereocenters. The molecule has 4 nitrogen and oxygen atoms in total. The van der Waals surface area contributed by atoms with Gasteiger partial charge >= 0.3 is 0 Å². The first kappa shape index (κ1) is 19.1. The topological polar surface area (TPSA) is 59.3 Å². The summed E-state index contributed by atoms with van der Waals surface area (Å²) < 4.78 is 11.0. The molecule has 0 N–H and O–H groups in total. The lowest BCUT2D eigenvalue weighted by Gasteiger charge is -2.13. The summed E-state index contributed by atoms with van der Waals surface area (Å²) in [6, 6.07) is 13.8. The van der Waals surface area contributed by atoms with Crippen LogP contribution in [-0.2, 0) is 0 Å². The molecule has 0 aliphatic carbocycles. The molecule has 0 radical (unpaired) electrons. The summed E-state index contributed by atoms with van der Waals surface area (Å²) in [4.78, 5) is 12.5. The zero-order valence-electron chi connectivity index (χ0n) is 14.2. The van der Waals surface area contributed by atoms with E-state index in [1.807, 2.05) is 13.0 Å². The summed E-state index contributed by atoms with van der Waals surface area (Å²) in [6.45, 7) is 2.26. The maximum Gasteiger partial charge on any atom is 0.203 e. The van der Waals surface area contributed by atoms with Crippen molar-refractivity contribution in [3.8, 4) is 29.9 Å². The first-order chi connectivity index (χ1) is 12.6. The molecule has 0 heterocycles. The van der Waals surface area contributed by atoms with Gasteiger partial charge in [0.2, 0.25) is 5.78 Å². The molecule has 2 aromatic carbocycles. The van der Waals surface area contributed by atoms with E-state index >= 15 is 0 Å². The van der Waals surface area contributed by atoms with E-state index in [1.165, 1.54) is 6.08 Å². The van der Waals surface area contributed by atoms with Crippen LogP contribution in [-0.4, -0.2) is 19.0 Å². The average Bonchev–Trinajstić information content (AvgIpc) is 2.66. The van der Waals surface area contributed by atoms with Crippen LogP contribution in [0.1, 0.15) is 22.8 Å². The maximum absolute atomic E-state index is 12.5. The number of rotatable bonds is 7. The molecule has 0 aliphatic heterocycles. The van der Waals surface area contributed by atoms with Crippen molar-refractivity contribution >= 4 is 23.5 Å². The van der Waals surface area contributed by atoms with Gasteiger partial charge in [-0.2, -0.15) is 5.26 Å². The highest BCUT2D eigenvalue weighted by Gasteiger charge is 2.15. The number of halogens is 1. The highest BCUT2D eigenvalue weighted by Crippen LogP contribution is 2.37. The van der Waals surface area contributed by atoms with Crippen molar-refractivity contribution < 1.29 is 14.3 Å². The van der Waals surface area contributed by atoms with Gasteiger partial charge in [-0.05, 0) is 30.7 Å². The number of Topliss-reactive ketones (excluding diaryl/α,β-unsaturated/α-hetero) is 1. The van der Waals surface area contributed by atoms with Crippen molar-refractivity contribution in [1.29, 1.82) is 5.26 Å². The molecule has 0 amide bonds. The number of ether oxygens (including phenoxy) is 2. The van der Waals surface area contributed by atoms with Crippen molar-refractivity contribution in [2.24, 2.45) is 0 Å². The van der Waals surface area contributed by atoms with Crippen LogP contribution in [0.2, 0.25) is 5.02 Å². The molecule has 0 saturated heterocycles. The van der Waals surface area contributed by atoms with Crippen LogP contribution >= 0.6 is 11.6 Å². The Hall–Kier alpha value is -3.21. The summed E-state index contributed by atoms with van der Waals surface area (Å²) >= 11 is 6.26. The van der Waals surface area contributed by atoms with Crippen LogP contribution in [0.25, 0.3) is 6.08 Å². The second kappa shape index (κ2) is 9.32. The van der Waals surface area contributed by atoms with E-state index < -0.39 is 0 Å². The van der Waals surface area contributed by atoms with Crippen LogP contribution in [0.3, 0.4) is 0 Å². The first-order valence-electron chi connectivity index (χ1n) is 7.84. The van der Waals surface area contributed by atoms with Crippen molar-refractivity contribution in [2.75, 3.05) is 13.2 Å². The lowest BCUT2D eigenvalue weighted by molar-refractivity contribution is 0.104. The summed E-state index contributed by atoms with van der Waals surface area (Å²) in [5.74, 6) is 2.72. The van der Waals surface area contributed by atoms with Crippen LogP contribution in [0.15, 0.2) is 48.0 Å². The summed E-state index contributed by atoms with van der Waals surface area (Å²) in [6.07, 6.45) is 6.68. The van der Waals surface area contributed by atoms with Crippen molar-refractivity contribution in [2.45, 2.75) is 6.92 Å². The molecule has 0 fully saturated rings. The van der Waals surface area contributed by atoms with Gasteiger partial charge in [0.05, 0.1) is 11.6 Å². The van der Waals surface area contributed by atoms with E-state index in [1.54, 1.807) is 42.5 Å². The lowest BCUT2D eigenvalue weighted by Crippen LogP contribution is -2.02. The molecule has 0 saturated carbocycles. The monoisotopic (exact) mass is 365 g/mol. The minimum atomic E-state index is -0.366. The Morgan fingerprint density at radius 1 is 1.27 bits per heavy atom. The van der Waals surface area contributed by atoms with Crippen LogP contribution < -0.4 is 9.47 Å². The quantitative estimate of drug-likeness (QED) is 0.313. The van der Waals surface area contributed by atoms with Crippen molar-refractivity contribution in [3.63, 3.8) is 0 Å².